The largest absolute Gasteiger partial charge is 0.329 e. The summed E-state index contributed by atoms with van der Waals surface area (Å²) in [6, 6.07) is 6.46. The van der Waals surface area contributed by atoms with Gasteiger partial charge in [0.1, 0.15) is 0 Å². The summed E-state index contributed by atoms with van der Waals surface area (Å²) in [6.07, 6.45) is 1.55. The van der Waals surface area contributed by atoms with Crippen LogP contribution in [-0.2, 0) is 0 Å². The number of aromatic nitrogens is 1. The van der Waals surface area contributed by atoms with E-state index in [4.69, 9.17) is 34.8 Å². The van der Waals surface area contributed by atoms with Crippen molar-refractivity contribution >= 4 is 34.8 Å². The maximum absolute atomic E-state index is 11.6. The lowest BCUT2D eigenvalue weighted by atomic mass is 10.1. The average molecular weight is 275 g/mol. The Labute approximate surface area is 107 Å². The fraction of sp³-hybridized carbons (Fsp3) is 0. The molecule has 82 valence electrons. The van der Waals surface area contributed by atoms with E-state index in [0.717, 1.165) is 0 Å². The third kappa shape index (κ3) is 2.09. The Morgan fingerprint density at radius 3 is 2.25 bits per heavy atom. The van der Waals surface area contributed by atoms with Gasteiger partial charge in [-0.1, -0.05) is 34.8 Å². The first kappa shape index (κ1) is 11.5. The number of nitrogens with one attached hydrogen (secondary N) is 1. The van der Waals surface area contributed by atoms with Crippen molar-refractivity contribution < 1.29 is 0 Å². The van der Waals surface area contributed by atoms with Crippen molar-refractivity contribution in [2.75, 3.05) is 0 Å². The van der Waals surface area contributed by atoms with Gasteiger partial charge in [-0.25, -0.2) is 0 Å². The highest BCUT2D eigenvalue weighted by atomic mass is 35.5. The smallest absolute Gasteiger partial charge is 0.255 e. The van der Waals surface area contributed by atoms with Crippen molar-refractivity contribution in [3.05, 3.63) is 55.9 Å². The molecule has 0 saturated carbocycles. The first-order chi connectivity index (χ1) is 7.59. The third-order valence-electron chi connectivity index (χ3n) is 2.09. The number of rotatable bonds is 1. The van der Waals surface area contributed by atoms with Gasteiger partial charge in [0.15, 0.2) is 0 Å². The minimum Gasteiger partial charge on any atom is -0.329 e. The molecule has 1 N–H and O–H groups in total. The van der Waals surface area contributed by atoms with E-state index in [1.807, 2.05) is 0 Å². The Morgan fingerprint density at radius 2 is 1.69 bits per heavy atom. The molecule has 0 fully saturated rings. The second kappa shape index (κ2) is 4.50. The molecule has 1 heterocycles. The van der Waals surface area contributed by atoms with Gasteiger partial charge < -0.3 is 4.98 Å². The molecule has 0 atom stereocenters. The van der Waals surface area contributed by atoms with Crippen LogP contribution >= 0.6 is 34.8 Å². The summed E-state index contributed by atoms with van der Waals surface area (Å²) in [7, 11) is 0. The molecule has 5 heteroatoms. The van der Waals surface area contributed by atoms with Crippen molar-refractivity contribution in [1.82, 2.24) is 4.98 Å². The van der Waals surface area contributed by atoms with Gasteiger partial charge >= 0.3 is 0 Å². The Kier molecular flexibility index (Phi) is 3.24. The minimum absolute atomic E-state index is 0.242. The van der Waals surface area contributed by atoms with Gasteiger partial charge in [0.05, 0.1) is 10.0 Å². The summed E-state index contributed by atoms with van der Waals surface area (Å²) in [5, 5.41) is 1.15. The number of aromatic amines is 1. The first-order valence-corrected chi connectivity index (χ1v) is 5.55. The van der Waals surface area contributed by atoms with E-state index in [9.17, 15) is 4.79 Å². The number of halogens is 3. The summed E-state index contributed by atoms with van der Waals surface area (Å²) < 4.78 is 0. The fourth-order valence-corrected chi connectivity index (χ4v) is 2.44. The quantitative estimate of drug-likeness (QED) is 0.837. The third-order valence-corrected chi connectivity index (χ3v) is 2.91. The molecule has 0 amide bonds. The van der Waals surface area contributed by atoms with Gasteiger partial charge in [-0.3, -0.25) is 4.79 Å². The van der Waals surface area contributed by atoms with Gasteiger partial charge in [-0.2, -0.15) is 0 Å². The number of H-pyrrole nitrogens is 1. The predicted molar refractivity (Wildman–Crippen MR) is 67.5 cm³/mol. The Balaban J connectivity index is 2.75. The summed E-state index contributed by atoms with van der Waals surface area (Å²) in [6.45, 7) is 0. The Morgan fingerprint density at radius 1 is 1.06 bits per heavy atom. The van der Waals surface area contributed by atoms with Crippen molar-refractivity contribution in [3.63, 3.8) is 0 Å². The zero-order valence-electron chi connectivity index (χ0n) is 7.93. The van der Waals surface area contributed by atoms with Crippen molar-refractivity contribution in [1.29, 1.82) is 0 Å². The lowest BCUT2D eigenvalue weighted by molar-refractivity contribution is 1.24. The standard InChI is InChI=1S/C11H6Cl3NO/c12-6-4-8(13)10(9(14)5-6)7-2-1-3-15-11(7)16/h1-5H,(H,15,16). The molecule has 2 nitrogen and oxygen atoms in total. The van der Waals surface area contributed by atoms with Gasteiger partial charge in [0, 0.05) is 22.3 Å². The van der Waals surface area contributed by atoms with Gasteiger partial charge in [-0.05, 0) is 24.3 Å². The lowest BCUT2D eigenvalue weighted by Crippen LogP contribution is -2.07. The monoisotopic (exact) mass is 273 g/mol. The van der Waals surface area contributed by atoms with Crippen LogP contribution in [-0.4, -0.2) is 4.98 Å². The molecule has 0 radical (unpaired) electrons. The number of benzene rings is 1. The molecule has 0 saturated heterocycles. The summed E-state index contributed by atoms with van der Waals surface area (Å²) in [4.78, 5) is 14.2. The van der Waals surface area contributed by atoms with Gasteiger partial charge in [0.2, 0.25) is 0 Å². The minimum atomic E-state index is -0.242. The summed E-state index contributed by atoms with van der Waals surface area (Å²) >= 11 is 17.8. The van der Waals surface area contributed by atoms with E-state index in [1.165, 1.54) is 0 Å². The molecule has 2 rings (SSSR count). The first-order valence-electron chi connectivity index (χ1n) is 4.42. The molecule has 16 heavy (non-hydrogen) atoms. The molecule has 0 bridgehead atoms. The second-order valence-electron chi connectivity index (χ2n) is 3.16. The average Bonchev–Trinajstić information content (AvgIpc) is 2.19. The zero-order valence-corrected chi connectivity index (χ0v) is 10.2. The molecule has 0 spiro atoms. The molecule has 0 unspecified atom stereocenters. The van der Waals surface area contributed by atoms with E-state index >= 15 is 0 Å². The van der Waals surface area contributed by atoms with Crippen LogP contribution in [0.4, 0.5) is 0 Å². The van der Waals surface area contributed by atoms with Crippen LogP contribution in [0.2, 0.25) is 15.1 Å². The van der Waals surface area contributed by atoms with E-state index in [0.29, 0.717) is 26.2 Å². The van der Waals surface area contributed by atoms with Crippen molar-refractivity contribution in [2.45, 2.75) is 0 Å². The van der Waals surface area contributed by atoms with Crippen LogP contribution in [0.1, 0.15) is 0 Å². The maximum Gasteiger partial charge on any atom is 0.255 e. The highest BCUT2D eigenvalue weighted by molar-refractivity contribution is 6.41. The zero-order chi connectivity index (χ0) is 11.7. The van der Waals surface area contributed by atoms with Crippen LogP contribution in [0.3, 0.4) is 0 Å². The Bertz CT molecular complexity index is 569. The SMILES string of the molecule is O=c1[nH]cccc1-c1c(Cl)cc(Cl)cc1Cl. The second-order valence-corrected chi connectivity index (χ2v) is 4.41. The normalized spacial score (nSPS) is 10.4. The topological polar surface area (TPSA) is 32.9 Å². The van der Waals surface area contributed by atoms with Crippen LogP contribution in [0.5, 0.6) is 0 Å². The molecule has 1 aromatic heterocycles. The highest BCUT2D eigenvalue weighted by Gasteiger charge is 2.12. The highest BCUT2D eigenvalue weighted by Crippen LogP contribution is 2.35. The van der Waals surface area contributed by atoms with E-state index in [-0.39, 0.29) is 5.56 Å². The number of hydrogen-bond acceptors (Lipinski definition) is 1. The van der Waals surface area contributed by atoms with Crippen LogP contribution in [0, 0.1) is 0 Å². The summed E-state index contributed by atoms with van der Waals surface area (Å²) in [5.74, 6) is 0. The molecule has 1 aromatic carbocycles. The van der Waals surface area contributed by atoms with Crippen molar-refractivity contribution in [3.8, 4) is 11.1 Å². The van der Waals surface area contributed by atoms with Gasteiger partial charge in [-0.15, -0.1) is 0 Å². The van der Waals surface area contributed by atoms with Crippen LogP contribution in [0.15, 0.2) is 35.3 Å². The van der Waals surface area contributed by atoms with Gasteiger partial charge in [0.25, 0.3) is 5.56 Å². The number of pyridine rings is 1. The fourth-order valence-electron chi connectivity index (χ4n) is 1.42. The number of hydrogen-bond donors (Lipinski definition) is 1. The van der Waals surface area contributed by atoms with Crippen molar-refractivity contribution in [2.24, 2.45) is 0 Å². The molecular formula is C11H6Cl3NO. The van der Waals surface area contributed by atoms with E-state index < -0.39 is 0 Å². The van der Waals surface area contributed by atoms with Crippen LogP contribution < -0.4 is 5.56 Å². The molecule has 0 aliphatic heterocycles. The molecular weight excluding hydrogens is 268 g/mol. The molecule has 0 aliphatic rings. The molecule has 2 aromatic rings. The van der Waals surface area contributed by atoms with Crippen LogP contribution in [0.25, 0.3) is 11.1 Å². The Hall–Kier alpha value is -0.960. The predicted octanol–water partition coefficient (Wildman–Crippen LogP) is 4.00. The molecule has 0 aliphatic carbocycles. The lowest BCUT2D eigenvalue weighted by Gasteiger charge is -2.06. The maximum atomic E-state index is 11.6. The van der Waals surface area contributed by atoms with E-state index in [2.05, 4.69) is 4.98 Å². The van der Waals surface area contributed by atoms with E-state index in [1.54, 1.807) is 30.5 Å². The summed E-state index contributed by atoms with van der Waals surface area (Å²) in [5.41, 5.74) is 0.678.